The normalized spacial score (nSPS) is 48.0. The van der Waals surface area contributed by atoms with Crippen molar-refractivity contribution < 1.29 is 14.7 Å². The van der Waals surface area contributed by atoms with Crippen molar-refractivity contribution in [1.29, 1.82) is 0 Å². The summed E-state index contributed by atoms with van der Waals surface area (Å²) in [5, 5.41) is 10.3. The van der Waals surface area contributed by atoms with Crippen LogP contribution in [0.2, 0.25) is 0 Å². The van der Waals surface area contributed by atoms with E-state index in [-0.39, 0.29) is 29.7 Å². The fourth-order valence-electron chi connectivity index (χ4n) is 6.57. The van der Waals surface area contributed by atoms with Crippen LogP contribution >= 0.6 is 0 Å². The number of carbonyl (C=O) groups is 2. The van der Waals surface area contributed by atoms with Crippen molar-refractivity contribution in [2.45, 2.75) is 65.2 Å². The highest BCUT2D eigenvalue weighted by Crippen LogP contribution is 2.64. The van der Waals surface area contributed by atoms with Crippen LogP contribution in [-0.4, -0.2) is 16.7 Å². The predicted octanol–water partition coefficient (Wildman–Crippen LogP) is 3.97. The van der Waals surface area contributed by atoms with Crippen LogP contribution in [0.4, 0.5) is 0 Å². The SMILES string of the molecule is C[C@@]12CCC[C@H]1[C@@H]1CCC3=C(O)CC(=O)C(=O)[C@]3(C)[C@H]1CC2. The smallest absolute Gasteiger partial charge is 0.209 e. The van der Waals surface area contributed by atoms with Crippen molar-refractivity contribution in [1.82, 2.24) is 0 Å². The lowest BCUT2D eigenvalue weighted by Gasteiger charge is -2.56. The van der Waals surface area contributed by atoms with Crippen LogP contribution in [0.3, 0.4) is 0 Å². The van der Waals surface area contributed by atoms with Crippen molar-refractivity contribution in [3.05, 3.63) is 11.3 Å². The number of hydrogen-bond donors (Lipinski definition) is 1. The third kappa shape index (κ3) is 1.63. The van der Waals surface area contributed by atoms with E-state index in [1.54, 1.807) is 0 Å². The Labute approximate surface area is 132 Å². The third-order valence-corrected chi connectivity index (χ3v) is 7.72. The van der Waals surface area contributed by atoms with Gasteiger partial charge in [-0.1, -0.05) is 13.3 Å². The third-order valence-electron chi connectivity index (χ3n) is 7.72. The van der Waals surface area contributed by atoms with Gasteiger partial charge in [0.25, 0.3) is 0 Å². The lowest BCUT2D eigenvalue weighted by Crippen LogP contribution is -2.54. The molecule has 0 aromatic rings. The maximum atomic E-state index is 12.8. The fraction of sp³-hybridized carbons (Fsp3) is 0.789. The number of hydrogen-bond acceptors (Lipinski definition) is 3. The fourth-order valence-corrected chi connectivity index (χ4v) is 6.57. The maximum absolute atomic E-state index is 12.8. The average molecular weight is 302 g/mol. The summed E-state index contributed by atoms with van der Waals surface area (Å²) in [7, 11) is 0. The lowest BCUT2D eigenvalue weighted by molar-refractivity contribution is -0.148. The van der Waals surface area contributed by atoms with E-state index in [4.69, 9.17) is 0 Å². The molecule has 3 fully saturated rings. The number of Topliss-reactive ketones (excluding diaryl/α,β-unsaturated/α-hetero) is 2. The number of carbonyl (C=O) groups excluding carboxylic acids is 2. The molecule has 0 aliphatic heterocycles. The molecule has 0 aromatic heterocycles. The van der Waals surface area contributed by atoms with Gasteiger partial charge in [0, 0.05) is 0 Å². The monoisotopic (exact) mass is 302 g/mol. The zero-order valence-corrected chi connectivity index (χ0v) is 13.7. The van der Waals surface area contributed by atoms with Gasteiger partial charge in [-0.05, 0) is 74.2 Å². The quantitative estimate of drug-likeness (QED) is 0.689. The van der Waals surface area contributed by atoms with Gasteiger partial charge in [0.1, 0.15) is 5.76 Å². The second-order valence-electron chi connectivity index (χ2n) is 8.56. The second kappa shape index (κ2) is 4.46. The molecule has 4 rings (SSSR count). The zero-order chi connectivity index (χ0) is 15.7. The first kappa shape index (κ1) is 14.5. The Morgan fingerprint density at radius 3 is 2.59 bits per heavy atom. The van der Waals surface area contributed by atoms with Crippen LogP contribution in [0, 0.1) is 28.6 Å². The maximum Gasteiger partial charge on any atom is 0.209 e. The topological polar surface area (TPSA) is 54.4 Å². The van der Waals surface area contributed by atoms with E-state index in [1.165, 1.54) is 25.7 Å². The molecule has 0 unspecified atom stereocenters. The Kier molecular flexibility index (Phi) is 2.93. The highest BCUT2D eigenvalue weighted by atomic mass is 16.3. The molecule has 0 amide bonds. The van der Waals surface area contributed by atoms with Crippen molar-refractivity contribution in [2.24, 2.45) is 28.6 Å². The van der Waals surface area contributed by atoms with E-state index in [0.717, 1.165) is 24.8 Å². The van der Waals surface area contributed by atoms with E-state index in [9.17, 15) is 14.7 Å². The molecular weight excluding hydrogens is 276 g/mol. The van der Waals surface area contributed by atoms with Crippen molar-refractivity contribution in [2.75, 3.05) is 0 Å². The molecule has 120 valence electrons. The van der Waals surface area contributed by atoms with Crippen LogP contribution in [0.25, 0.3) is 0 Å². The van der Waals surface area contributed by atoms with Gasteiger partial charge >= 0.3 is 0 Å². The van der Waals surface area contributed by atoms with Crippen molar-refractivity contribution in [3.63, 3.8) is 0 Å². The molecule has 0 aromatic carbocycles. The highest BCUT2D eigenvalue weighted by molar-refractivity contribution is 6.41. The van der Waals surface area contributed by atoms with E-state index < -0.39 is 5.41 Å². The lowest BCUT2D eigenvalue weighted by atomic mass is 9.47. The van der Waals surface area contributed by atoms with Gasteiger partial charge in [0.05, 0.1) is 11.8 Å². The minimum atomic E-state index is -0.716. The summed E-state index contributed by atoms with van der Waals surface area (Å²) in [5.41, 5.74) is 0.620. The Bertz CT molecular complexity index is 589. The molecule has 0 bridgehead atoms. The Hall–Kier alpha value is -1.12. The van der Waals surface area contributed by atoms with Gasteiger partial charge in [0.15, 0.2) is 0 Å². The molecule has 0 spiro atoms. The van der Waals surface area contributed by atoms with Gasteiger partial charge < -0.3 is 5.11 Å². The minimum Gasteiger partial charge on any atom is -0.512 e. The zero-order valence-electron chi connectivity index (χ0n) is 13.7. The van der Waals surface area contributed by atoms with Crippen molar-refractivity contribution in [3.8, 4) is 0 Å². The minimum absolute atomic E-state index is 0.0672. The number of allylic oxidation sites excluding steroid dienone is 2. The Morgan fingerprint density at radius 1 is 1.05 bits per heavy atom. The summed E-state index contributed by atoms with van der Waals surface area (Å²) in [6.07, 6.45) is 7.92. The summed E-state index contributed by atoms with van der Waals surface area (Å²) in [5.74, 6) is 1.10. The molecule has 0 radical (unpaired) electrons. The summed E-state index contributed by atoms with van der Waals surface area (Å²) in [6, 6.07) is 0. The van der Waals surface area contributed by atoms with Gasteiger partial charge in [-0.15, -0.1) is 0 Å². The summed E-state index contributed by atoms with van der Waals surface area (Å²) in [6.45, 7) is 4.38. The molecule has 1 N–H and O–H groups in total. The summed E-state index contributed by atoms with van der Waals surface area (Å²) < 4.78 is 0. The Morgan fingerprint density at radius 2 is 1.82 bits per heavy atom. The van der Waals surface area contributed by atoms with Crippen molar-refractivity contribution >= 4 is 11.6 Å². The number of fused-ring (bicyclic) bond motifs is 5. The second-order valence-corrected chi connectivity index (χ2v) is 8.56. The molecule has 5 atom stereocenters. The molecular formula is C19H26O3. The van der Waals surface area contributed by atoms with Crippen LogP contribution in [0.15, 0.2) is 11.3 Å². The molecule has 3 heteroatoms. The predicted molar refractivity (Wildman–Crippen MR) is 83.3 cm³/mol. The molecule has 3 nitrogen and oxygen atoms in total. The van der Waals surface area contributed by atoms with Gasteiger partial charge in [-0.2, -0.15) is 0 Å². The molecule has 4 aliphatic carbocycles. The van der Waals surface area contributed by atoms with E-state index >= 15 is 0 Å². The number of aliphatic hydroxyl groups excluding tert-OH is 1. The van der Waals surface area contributed by atoms with Gasteiger partial charge in [-0.3, -0.25) is 9.59 Å². The van der Waals surface area contributed by atoms with E-state index in [0.29, 0.717) is 17.3 Å². The first-order valence-corrected chi connectivity index (χ1v) is 8.87. The van der Waals surface area contributed by atoms with Crippen LogP contribution in [0.5, 0.6) is 0 Å². The standard InChI is InChI=1S/C19H26O3/c1-18-8-3-4-12(18)11-5-6-14-15(20)10-16(21)17(22)19(14,2)13(11)7-9-18/h11-13,20H,3-10H2,1-2H3/t11-,12-,13-,18-,19+/m0/s1. The summed E-state index contributed by atoms with van der Waals surface area (Å²) in [4.78, 5) is 24.8. The van der Waals surface area contributed by atoms with Gasteiger partial charge in [-0.25, -0.2) is 0 Å². The van der Waals surface area contributed by atoms with Crippen LogP contribution in [0.1, 0.15) is 65.2 Å². The molecule has 3 saturated carbocycles. The largest absolute Gasteiger partial charge is 0.512 e. The molecule has 22 heavy (non-hydrogen) atoms. The number of ketones is 2. The summed E-state index contributed by atoms with van der Waals surface area (Å²) >= 11 is 0. The highest BCUT2D eigenvalue weighted by Gasteiger charge is 2.60. The molecule has 0 heterocycles. The van der Waals surface area contributed by atoms with E-state index in [1.807, 2.05) is 6.92 Å². The van der Waals surface area contributed by atoms with E-state index in [2.05, 4.69) is 6.92 Å². The number of rotatable bonds is 0. The first-order chi connectivity index (χ1) is 10.4. The number of aliphatic hydroxyl groups is 1. The average Bonchev–Trinajstić information content (AvgIpc) is 2.87. The van der Waals surface area contributed by atoms with Gasteiger partial charge in [0.2, 0.25) is 11.6 Å². The Balaban J connectivity index is 1.78. The van der Waals surface area contributed by atoms with Crippen LogP contribution < -0.4 is 0 Å². The molecule has 0 saturated heterocycles. The first-order valence-electron chi connectivity index (χ1n) is 8.87. The van der Waals surface area contributed by atoms with Crippen LogP contribution in [-0.2, 0) is 9.59 Å². The molecule has 4 aliphatic rings.